The predicted molar refractivity (Wildman–Crippen MR) is 116 cm³/mol. The molecule has 7 nitrogen and oxygen atoms in total. The summed E-state index contributed by atoms with van der Waals surface area (Å²) < 4.78 is 7.06. The first-order valence-corrected chi connectivity index (χ1v) is 10.2. The molecular formula is C20H20ClN5O2S. The van der Waals surface area contributed by atoms with Gasteiger partial charge in [0, 0.05) is 17.1 Å². The minimum Gasteiger partial charge on any atom is -0.497 e. The first-order chi connectivity index (χ1) is 14.1. The van der Waals surface area contributed by atoms with Gasteiger partial charge in [0.15, 0.2) is 11.0 Å². The summed E-state index contributed by atoms with van der Waals surface area (Å²) in [7, 11) is 1.61. The number of benzene rings is 2. The number of rotatable bonds is 8. The molecule has 3 aromatic rings. The van der Waals surface area contributed by atoms with Crippen molar-refractivity contribution in [2.24, 2.45) is 5.10 Å². The van der Waals surface area contributed by atoms with Crippen LogP contribution in [0.3, 0.4) is 0 Å². The average Bonchev–Trinajstić information content (AvgIpc) is 3.16. The lowest BCUT2D eigenvalue weighted by Crippen LogP contribution is -2.20. The van der Waals surface area contributed by atoms with Crippen LogP contribution in [0.4, 0.5) is 0 Å². The highest BCUT2D eigenvalue weighted by atomic mass is 35.5. The number of hydrogen-bond acceptors (Lipinski definition) is 6. The summed E-state index contributed by atoms with van der Waals surface area (Å²) in [5, 5.41) is 13.8. The number of halogens is 1. The summed E-state index contributed by atoms with van der Waals surface area (Å²) in [4.78, 5) is 12.1. The highest BCUT2D eigenvalue weighted by Crippen LogP contribution is 2.25. The second-order valence-electron chi connectivity index (χ2n) is 5.91. The number of ether oxygens (including phenoxy) is 1. The molecule has 0 saturated carbocycles. The number of amides is 1. The highest BCUT2D eigenvalue weighted by molar-refractivity contribution is 7.99. The van der Waals surface area contributed by atoms with Gasteiger partial charge in [-0.1, -0.05) is 23.4 Å². The van der Waals surface area contributed by atoms with Gasteiger partial charge in [0.2, 0.25) is 0 Å². The fraction of sp³-hybridized carbons (Fsp3) is 0.200. The van der Waals surface area contributed by atoms with Crippen LogP contribution in [-0.2, 0) is 11.3 Å². The molecule has 1 aromatic heterocycles. The summed E-state index contributed by atoms with van der Waals surface area (Å²) in [6, 6.07) is 14.8. The van der Waals surface area contributed by atoms with Crippen molar-refractivity contribution < 1.29 is 9.53 Å². The van der Waals surface area contributed by atoms with Crippen molar-refractivity contribution in [2.45, 2.75) is 18.6 Å². The Kier molecular flexibility index (Phi) is 7.26. The monoisotopic (exact) mass is 429 g/mol. The molecule has 1 amide bonds. The standard InChI is InChI=1S/C20H20ClN5O2S/c1-3-26-19(15-6-8-16(21)9-7-15)24-25-20(26)29-13-18(27)23-22-12-14-4-10-17(28-2)11-5-14/h4-12H,3,13H2,1-2H3,(H,23,27)/b22-12-. The van der Waals surface area contributed by atoms with Gasteiger partial charge >= 0.3 is 0 Å². The zero-order chi connectivity index (χ0) is 20.6. The minimum absolute atomic E-state index is 0.179. The van der Waals surface area contributed by atoms with Crippen molar-refractivity contribution in [1.82, 2.24) is 20.2 Å². The molecule has 0 aliphatic rings. The van der Waals surface area contributed by atoms with Crippen molar-refractivity contribution >= 4 is 35.5 Å². The lowest BCUT2D eigenvalue weighted by Gasteiger charge is -2.07. The minimum atomic E-state index is -0.224. The molecule has 0 aliphatic heterocycles. The first-order valence-electron chi connectivity index (χ1n) is 8.88. The van der Waals surface area contributed by atoms with Gasteiger partial charge in [0.1, 0.15) is 5.75 Å². The van der Waals surface area contributed by atoms with Gasteiger partial charge in [-0.2, -0.15) is 5.10 Å². The van der Waals surface area contributed by atoms with E-state index in [9.17, 15) is 4.79 Å². The number of nitrogens with zero attached hydrogens (tertiary/aromatic N) is 4. The van der Waals surface area contributed by atoms with Gasteiger partial charge in [-0.15, -0.1) is 10.2 Å². The summed E-state index contributed by atoms with van der Waals surface area (Å²) in [6.07, 6.45) is 1.58. The summed E-state index contributed by atoms with van der Waals surface area (Å²) in [5.41, 5.74) is 4.30. The Morgan fingerprint density at radius 2 is 1.93 bits per heavy atom. The molecule has 29 heavy (non-hydrogen) atoms. The Balaban J connectivity index is 1.57. The third-order valence-electron chi connectivity index (χ3n) is 3.99. The molecule has 9 heteroatoms. The van der Waals surface area contributed by atoms with Crippen LogP contribution in [-0.4, -0.2) is 39.7 Å². The van der Waals surface area contributed by atoms with Gasteiger partial charge in [-0.25, -0.2) is 5.43 Å². The van der Waals surface area contributed by atoms with E-state index in [0.717, 1.165) is 22.7 Å². The van der Waals surface area contributed by atoms with Crippen LogP contribution in [0.5, 0.6) is 5.75 Å². The van der Waals surface area contributed by atoms with Crippen LogP contribution in [0.1, 0.15) is 12.5 Å². The van der Waals surface area contributed by atoms with E-state index < -0.39 is 0 Å². The van der Waals surface area contributed by atoms with Crippen LogP contribution in [0.2, 0.25) is 5.02 Å². The highest BCUT2D eigenvalue weighted by Gasteiger charge is 2.14. The molecule has 0 radical (unpaired) electrons. The third kappa shape index (κ3) is 5.58. The second kappa shape index (κ2) is 10.1. The molecule has 0 bridgehead atoms. The normalized spacial score (nSPS) is 11.0. The molecule has 0 saturated heterocycles. The Bertz CT molecular complexity index is 987. The zero-order valence-electron chi connectivity index (χ0n) is 16.0. The van der Waals surface area contributed by atoms with E-state index in [2.05, 4.69) is 20.7 Å². The Morgan fingerprint density at radius 3 is 2.59 bits per heavy atom. The molecule has 0 unspecified atom stereocenters. The summed E-state index contributed by atoms with van der Waals surface area (Å²) >= 11 is 7.26. The van der Waals surface area contributed by atoms with E-state index in [1.807, 2.05) is 60.0 Å². The number of carbonyl (C=O) groups is 1. The third-order valence-corrected chi connectivity index (χ3v) is 5.21. The van der Waals surface area contributed by atoms with E-state index in [0.29, 0.717) is 16.7 Å². The molecule has 0 spiro atoms. The van der Waals surface area contributed by atoms with E-state index in [1.165, 1.54) is 11.8 Å². The number of aromatic nitrogens is 3. The van der Waals surface area contributed by atoms with E-state index in [-0.39, 0.29) is 11.7 Å². The summed E-state index contributed by atoms with van der Waals surface area (Å²) in [5.74, 6) is 1.46. The predicted octanol–water partition coefficient (Wildman–Crippen LogP) is 3.87. The fourth-order valence-electron chi connectivity index (χ4n) is 2.52. The number of hydrazone groups is 1. The lowest BCUT2D eigenvalue weighted by molar-refractivity contribution is -0.118. The van der Waals surface area contributed by atoms with E-state index in [1.54, 1.807) is 13.3 Å². The van der Waals surface area contributed by atoms with Gasteiger partial charge in [0.05, 0.1) is 19.1 Å². The van der Waals surface area contributed by atoms with Crippen molar-refractivity contribution in [2.75, 3.05) is 12.9 Å². The molecule has 150 valence electrons. The molecule has 1 N–H and O–H groups in total. The zero-order valence-corrected chi connectivity index (χ0v) is 17.6. The Morgan fingerprint density at radius 1 is 1.21 bits per heavy atom. The van der Waals surface area contributed by atoms with Crippen LogP contribution >= 0.6 is 23.4 Å². The Labute approximate surface area is 178 Å². The number of nitrogens with one attached hydrogen (secondary N) is 1. The van der Waals surface area contributed by atoms with Gasteiger partial charge in [0.25, 0.3) is 5.91 Å². The topological polar surface area (TPSA) is 81.4 Å². The number of thioether (sulfide) groups is 1. The molecule has 2 aromatic carbocycles. The SMILES string of the molecule is CCn1c(SCC(=O)N/N=C\c2ccc(OC)cc2)nnc1-c1ccc(Cl)cc1. The number of methoxy groups -OCH3 is 1. The molecule has 3 rings (SSSR count). The maximum absolute atomic E-state index is 12.1. The number of carbonyl (C=O) groups excluding carboxylic acids is 1. The molecule has 0 atom stereocenters. The van der Waals surface area contributed by atoms with Gasteiger partial charge in [-0.05, 0) is 61.0 Å². The van der Waals surface area contributed by atoms with Crippen LogP contribution in [0.15, 0.2) is 58.8 Å². The van der Waals surface area contributed by atoms with Crippen molar-refractivity contribution in [1.29, 1.82) is 0 Å². The average molecular weight is 430 g/mol. The van der Waals surface area contributed by atoms with E-state index in [4.69, 9.17) is 16.3 Å². The summed E-state index contributed by atoms with van der Waals surface area (Å²) in [6.45, 7) is 2.69. The fourth-order valence-corrected chi connectivity index (χ4v) is 3.44. The maximum atomic E-state index is 12.1. The van der Waals surface area contributed by atoms with Crippen LogP contribution < -0.4 is 10.2 Å². The largest absolute Gasteiger partial charge is 0.497 e. The van der Waals surface area contributed by atoms with E-state index >= 15 is 0 Å². The smallest absolute Gasteiger partial charge is 0.250 e. The molecule has 0 aliphatic carbocycles. The van der Waals surface area contributed by atoms with Crippen LogP contribution in [0.25, 0.3) is 11.4 Å². The molecule has 0 fully saturated rings. The van der Waals surface area contributed by atoms with Crippen molar-refractivity contribution in [3.63, 3.8) is 0 Å². The Hall–Kier alpha value is -2.84. The van der Waals surface area contributed by atoms with Gasteiger partial charge in [-0.3, -0.25) is 4.79 Å². The number of hydrogen-bond donors (Lipinski definition) is 1. The molecule has 1 heterocycles. The lowest BCUT2D eigenvalue weighted by atomic mass is 10.2. The van der Waals surface area contributed by atoms with Gasteiger partial charge < -0.3 is 9.30 Å². The second-order valence-corrected chi connectivity index (χ2v) is 7.29. The first kappa shape index (κ1) is 20.9. The maximum Gasteiger partial charge on any atom is 0.250 e. The quantitative estimate of drug-likeness (QED) is 0.334. The van der Waals surface area contributed by atoms with Crippen molar-refractivity contribution in [3.8, 4) is 17.1 Å². The van der Waals surface area contributed by atoms with Crippen molar-refractivity contribution in [3.05, 3.63) is 59.1 Å². The molecular weight excluding hydrogens is 410 g/mol. The van der Waals surface area contributed by atoms with Crippen LogP contribution in [0, 0.1) is 0 Å².